The second-order valence-electron chi connectivity index (χ2n) is 7.84. The number of ether oxygens (including phenoxy) is 1. The molecule has 8 heteroatoms. The van der Waals surface area contributed by atoms with Gasteiger partial charge in [0.2, 0.25) is 5.76 Å². The van der Waals surface area contributed by atoms with Gasteiger partial charge < -0.3 is 14.4 Å². The van der Waals surface area contributed by atoms with E-state index in [1.807, 2.05) is 18.2 Å². The van der Waals surface area contributed by atoms with Crippen molar-refractivity contribution >= 4 is 15.8 Å². The van der Waals surface area contributed by atoms with Crippen molar-refractivity contribution in [3.8, 4) is 11.8 Å². The molecule has 0 aliphatic heterocycles. The molecule has 1 fully saturated rings. The predicted molar refractivity (Wildman–Crippen MR) is 110 cm³/mol. The summed E-state index contributed by atoms with van der Waals surface area (Å²) >= 11 is 0. The van der Waals surface area contributed by atoms with Gasteiger partial charge in [0.25, 0.3) is 0 Å². The van der Waals surface area contributed by atoms with Crippen molar-refractivity contribution in [1.29, 1.82) is 0 Å². The molecular weight excluding hydrogens is 406 g/mol. The van der Waals surface area contributed by atoms with Gasteiger partial charge in [-0.15, -0.1) is 0 Å². The molecule has 0 radical (unpaired) electrons. The van der Waals surface area contributed by atoms with Crippen molar-refractivity contribution in [2.45, 2.75) is 50.1 Å². The summed E-state index contributed by atoms with van der Waals surface area (Å²) in [5.41, 5.74) is 1.29. The summed E-state index contributed by atoms with van der Waals surface area (Å²) in [4.78, 5) is 12.7. The van der Waals surface area contributed by atoms with Crippen LogP contribution < -0.4 is 0 Å². The number of aromatic nitrogens is 1. The molecule has 3 rings (SSSR count). The SMILES string of the molecule is C[C@@](CCc1cc(C#CC2CC(O)C2)on1)(C(=O)OCc1ccccc1)S(C)(=O)=O. The van der Waals surface area contributed by atoms with Crippen molar-refractivity contribution in [1.82, 2.24) is 5.16 Å². The van der Waals surface area contributed by atoms with Crippen LogP contribution in [-0.2, 0) is 32.4 Å². The van der Waals surface area contributed by atoms with Gasteiger partial charge in [0.05, 0.1) is 11.8 Å². The standard InChI is InChI=1S/C22H25NO6S/c1-22(30(2,26)27,21(25)28-15-16-6-4-3-5-7-16)11-10-18-14-20(29-23-18)9-8-17-12-19(24)13-17/h3-7,14,17,19,24H,10-13,15H2,1-2H3/t17?,19?,22-/m1/s1. The van der Waals surface area contributed by atoms with Crippen LogP contribution >= 0.6 is 0 Å². The van der Waals surface area contributed by atoms with Crippen LogP contribution in [0.4, 0.5) is 0 Å². The van der Waals surface area contributed by atoms with Crippen LogP contribution in [0.3, 0.4) is 0 Å². The number of sulfone groups is 1. The fourth-order valence-electron chi connectivity index (χ4n) is 3.05. The van der Waals surface area contributed by atoms with Gasteiger partial charge in [0, 0.05) is 18.2 Å². The number of carbonyl (C=O) groups excluding carboxylic acids is 1. The van der Waals surface area contributed by atoms with Gasteiger partial charge in [0.15, 0.2) is 14.6 Å². The molecule has 1 atom stereocenters. The summed E-state index contributed by atoms with van der Waals surface area (Å²) in [7, 11) is -3.74. The quantitative estimate of drug-likeness (QED) is 0.529. The van der Waals surface area contributed by atoms with Gasteiger partial charge in [-0.2, -0.15) is 0 Å². The zero-order valence-electron chi connectivity index (χ0n) is 17.0. The highest BCUT2D eigenvalue weighted by Crippen LogP contribution is 2.27. The summed E-state index contributed by atoms with van der Waals surface area (Å²) in [5, 5.41) is 13.2. The minimum atomic E-state index is -3.74. The van der Waals surface area contributed by atoms with Crippen LogP contribution in [0.5, 0.6) is 0 Å². The fraction of sp³-hybridized carbons (Fsp3) is 0.455. The number of rotatable bonds is 7. The highest BCUT2D eigenvalue weighted by Gasteiger charge is 2.45. The van der Waals surface area contributed by atoms with Crippen LogP contribution in [0, 0.1) is 17.8 Å². The van der Waals surface area contributed by atoms with Gasteiger partial charge in [-0.05, 0) is 44.1 Å². The first kappa shape index (κ1) is 22.1. The Bertz CT molecular complexity index is 1040. The van der Waals surface area contributed by atoms with Gasteiger partial charge in [0.1, 0.15) is 6.61 Å². The van der Waals surface area contributed by atoms with Crippen LogP contribution in [0.1, 0.15) is 43.2 Å². The molecule has 1 aromatic heterocycles. The molecule has 1 aliphatic carbocycles. The Morgan fingerprint density at radius 2 is 2.03 bits per heavy atom. The second kappa shape index (κ2) is 9.02. The van der Waals surface area contributed by atoms with E-state index < -0.39 is 20.6 Å². The third kappa shape index (κ3) is 5.29. The zero-order chi connectivity index (χ0) is 21.8. The van der Waals surface area contributed by atoms with Gasteiger partial charge in [-0.3, -0.25) is 4.79 Å². The average Bonchev–Trinajstić information content (AvgIpc) is 3.14. The van der Waals surface area contributed by atoms with Gasteiger partial charge in [-0.1, -0.05) is 41.4 Å². The number of carbonyl (C=O) groups is 1. The molecule has 1 N–H and O–H groups in total. The minimum absolute atomic E-state index is 0.00431. The third-order valence-corrected chi connectivity index (χ3v) is 7.40. The van der Waals surface area contributed by atoms with Crippen LogP contribution in [0.2, 0.25) is 0 Å². The topological polar surface area (TPSA) is 107 Å². The normalized spacial score (nSPS) is 20.4. The van der Waals surface area contributed by atoms with E-state index in [4.69, 9.17) is 9.26 Å². The molecule has 1 aromatic carbocycles. The first-order valence-electron chi connectivity index (χ1n) is 9.73. The number of aliphatic hydroxyl groups is 1. The Hall–Kier alpha value is -2.63. The second-order valence-corrected chi connectivity index (χ2v) is 10.3. The van der Waals surface area contributed by atoms with Gasteiger partial charge >= 0.3 is 5.97 Å². The number of aliphatic hydroxyl groups excluding tert-OH is 1. The van der Waals surface area contributed by atoms with Crippen molar-refractivity contribution in [3.63, 3.8) is 0 Å². The van der Waals surface area contributed by atoms with E-state index in [9.17, 15) is 18.3 Å². The number of aryl methyl sites for hydroxylation is 1. The molecule has 7 nitrogen and oxygen atoms in total. The lowest BCUT2D eigenvalue weighted by molar-refractivity contribution is -0.147. The smallest absolute Gasteiger partial charge is 0.327 e. The first-order valence-corrected chi connectivity index (χ1v) is 11.6. The molecule has 30 heavy (non-hydrogen) atoms. The highest BCUT2D eigenvalue weighted by atomic mass is 32.2. The first-order chi connectivity index (χ1) is 14.2. The van der Waals surface area contributed by atoms with E-state index in [2.05, 4.69) is 17.0 Å². The maximum atomic E-state index is 12.7. The summed E-state index contributed by atoms with van der Waals surface area (Å²) in [5.74, 6) is 5.63. The minimum Gasteiger partial charge on any atom is -0.460 e. The summed E-state index contributed by atoms with van der Waals surface area (Å²) in [6, 6.07) is 10.7. The zero-order valence-corrected chi connectivity index (χ0v) is 17.8. The number of nitrogens with zero attached hydrogens (tertiary/aromatic N) is 1. The Balaban J connectivity index is 1.62. The Labute approximate surface area is 176 Å². The lowest BCUT2D eigenvalue weighted by Gasteiger charge is -2.26. The molecule has 1 aliphatic rings. The van der Waals surface area contributed by atoms with Crippen LogP contribution in [0.15, 0.2) is 40.9 Å². The molecule has 160 valence electrons. The molecule has 0 bridgehead atoms. The Morgan fingerprint density at radius 3 is 2.67 bits per heavy atom. The lowest BCUT2D eigenvalue weighted by Crippen LogP contribution is -2.44. The van der Waals surface area contributed by atoms with E-state index in [1.165, 1.54) is 6.92 Å². The Morgan fingerprint density at radius 1 is 1.33 bits per heavy atom. The average molecular weight is 432 g/mol. The monoisotopic (exact) mass is 431 g/mol. The van der Waals surface area contributed by atoms with E-state index in [1.54, 1.807) is 18.2 Å². The van der Waals surface area contributed by atoms with Gasteiger partial charge in [-0.25, -0.2) is 8.42 Å². The van der Waals surface area contributed by atoms with E-state index in [0.29, 0.717) is 24.3 Å². The summed E-state index contributed by atoms with van der Waals surface area (Å²) in [6.07, 6.45) is 2.30. The number of hydrogen-bond donors (Lipinski definition) is 1. The molecular formula is C22H25NO6S. The molecule has 0 amide bonds. The van der Waals surface area contributed by atoms with E-state index in [0.717, 1.165) is 11.8 Å². The van der Waals surface area contributed by atoms with Crippen molar-refractivity contribution in [2.24, 2.45) is 5.92 Å². The Kier molecular flexibility index (Phi) is 6.64. The molecule has 2 aromatic rings. The largest absolute Gasteiger partial charge is 0.460 e. The van der Waals surface area contributed by atoms with Crippen molar-refractivity contribution in [3.05, 3.63) is 53.4 Å². The third-order valence-electron chi connectivity index (χ3n) is 5.39. The number of esters is 1. The highest BCUT2D eigenvalue weighted by molar-refractivity contribution is 7.92. The predicted octanol–water partition coefficient (Wildman–Crippen LogP) is 2.28. The van der Waals surface area contributed by atoms with Crippen molar-refractivity contribution < 1.29 is 27.6 Å². The molecule has 0 unspecified atom stereocenters. The number of benzene rings is 1. The molecule has 0 saturated heterocycles. The summed E-state index contributed by atoms with van der Waals surface area (Å²) < 4.78 is 33.6. The molecule has 1 heterocycles. The maximum absolute atomic E-state index is 12.7. The van der Waals surface area contributed by atoms with E-state index in [-0.39, 0.29) is 31.5 Å². The lowest BCUT2D eigenvalue weighted by atomic mass is 9.83. The van der Waals surface area contributed by atoms with Crippen LogP contribution in [0.25, 0.3) is 0 Å². The fourth-order valence-corrected chi connectivity index (χ4v) is 3.88. The van der Waals surface area contributed by atoms with E-state index >= 15 is 0 Å². The van der Waals surface area contributed by atoms with Crippen molar-refractivity contribution in [2.75, 3.05) is 6.26 Å². The number of hydrogen-bond acceptors (Lipinski definition) is 7. The molecule has 1 saturated carbocycles. The summed E-state index contributed by atoms with van der Waals surface area (Å²) in [6.45, 7) is 1.38. The molecule has 0 spiro atoms. The maximum Gasteiger partial charge on any atom is 0.327 e. The van der Waals surface area contributed by atoms with Crippen LogP contribution in [-0.4, -0.2) is 41.8 Å².